The number of aliphatic carboxylic acids is 1. The van der Waals surface area contributed by atoms with Gasteiger partial charge >= 0.3 is 5.97 Å². The fraction of sp³-hybridized carbons (Fsp3) is 0.600. The van der Waals surface area contributed by atoms with E-state index in [1.165, 1.54) is 0 Å². The minimum Gasteiger partial charge on any atom is -0.481 e. The molecular formula is C10H14N2O2. The van der Waals surface area contributed by atoms with E-state index in [9.17, 15) is 9.90 Å². The molecule has 2 N–H and O–H groups in total. The third kappa shape index (κ3) is 0.997. The zero-order chi connectivity index (χ0) is 10.3. The first-order valence-electron chi connectivity index (χ1n) is 4.83. The molecule has 1 aliphatic rings. The number of aromatic amines is 1. The molecule has 1 aromatic rings. The zero-order valence-electron chi connectivity index (χ0n) is 8.42. The molecule has 1 saturated carbocycles. The van der Waals surface area contributed by atoms with Crippen molar-refractivity contribution in [2.24, 2.45) is 0 Å². The number of carbonyl (C=O) groups is 1. The van der Waals surface area contributed by atoms with Crippen LogP contribution >= 0.6 is 0 Å². The van der Waals surface area contributed by atoms with E-state index in [1.54, 1.807) is 0 Å². The van der Waals surface area contributed by atoms with E-state index in [0.29, 0.717) is 0 Å². The summed E-state index contributed by atoms with van der Waals surface area (Å²) in [7, 11) is 0. The highest BCUT2D eigenvalue weighted by Gasteiger charge is 2.48. The molecule has 4 heteroatoms. The van der Waals surface area contributed by atoms with Gasteiger partial charge in [0.2, 0.25) is 0 Å². The van der Waals surface area contributed by atoms with Gasteiger partial charge in [-0.1, -0.05) is 6.42 Å². The van der Waals surface area contributed by atoms with Gasteiger partial charge in [-0.3, -0.25) is 9.89 Å². The lowest BCUT2D eigenvalue weighted by molar-refractivity contribution is -0.147. The molecule has 0 bridgehead atoms. The summed E-state index contributed by atoms with van der Waals surface area (Å²) in [6, 6.07) is 0. The first-order valence-corrected chi connectivity index (χ1v) is 4.83. The smallest absolute Gasteiger partial charge is 0.314 e. The fourth-order valence-corrected chi connectivity index (χ4v) is 2.36. The Kier molecular flexibility index (Phi) is 1.87. The van der Waals surface area contributed by atoms with Crippen molar-refractivity contribution in [3.63, 3.8) is 0 Å². The average Bonchev–Trinajstić information content (AvgIpc) is 2.33. The Labute approximate surface area is 82.3 Å². The van der Waals surface area contributed by atoms with Crippen LogP contribution in [-0.2, 0) is 10.2 Å². The summed E-state index contributed by atoms with van der Waals surface area (Å²) in [4.78, 5) is 11.3. The molecule has 4 nitrogen and oxygen atoms in total. The van der Waals surface area contributed by atoms with Crippen molar-refractivity contribution in [2.75, 3.05) is 0 Å². The molecule has 0 radical (unpaired) electrons. The number of aromatic nitrogens is 2. The molecule has 0 atom stereocenters. The maximum Gasteiger partial charge on any atom is 0.314 e. The largest absolute Gasteiger partial charge is 0.481 e. The summed E-state index contributed by atoms with van der Waals surface area (Å²) in [5.74, 6) is -0.712. The highest BCUT2D eigenvalue weighted by Crippen LogP contribution is 2.45. The second-order valence-electron chi connectivity index (χ2n) is 4.05. The zero-order valence-corrected chi connectivity index (χ0v) is 8.42. The minimum absolute atomic E-state index is 0.652. The van der Waals surface area contributed by atoms with Gasteiger partial charge in [0.25, 0.3) is 0 Å². The maximum atomic E-state index is 11.3. The van der Waals surface area contributed by atoms with Gasteiger partial charge in [0.1, 0.15) is 0 Å². The second kappa shape index (κ2) is 2.83. The van der Waals surface area contributed by atoms with Gasteiger partial charge in [-0.15, -0.1) is 0 Å². The lowest BCUT2D eigenvalue weighted by Crippen LogP contribution is -2.43. The van der Waals surface area contributed by atoms with Crippen molar-refractivity contribution in [1.29, 1.82) is 0 Å². The normalized spacial score (nSPS) is 19.0. The first-order chi connectivity index (χ1) is 6.58. The molecule has 1 aromatic heterocycles. The maximum absolute atomic E-state index is 11.3. The van der Waals surface area contributed by atoms with E-state index in [2.05, 4.69) is 10.2 Å². The van der Waals surface area contributed by atoms with E-state index < -0.39 is 11.4 Å². The number of hydrogen-bond donors (Lipinski definition) is 2. The van der Waals surface area contributed by atoms with E-state index in [0.717, 1.165) is 36.2 Å². The summed E-state index contributed by atoms with van der Waals surface area (Å²) < 4.78 is 0. The molecule has 0 amide bonds. The second-order valence-corrected chi connectivity index (χ2v) is 4.05. The minimum atomic E-state index is -0.712. The number of carboxylic acid groups (broad SMARTS) is 1. The SMILES string of the molecule is Cc1n[nH]c(C)c1C1(C(=O)O)CCC1. The molecule has 14 heavy (non-hydrogen) atoms. The van der Waals surface area contributed by atoms with Crippen LogP contribution in [0.4, 0.5) is 0 Å². The molecular weight excluding hydrogens is 180 g/mol. The summed E-state index contributed by atoms with van der Waals surface area (Å²) in [6.45, 7) is 3.75. The monoisotopic (exact) mass is 194 g/mol. The van der Waals surface area contributed by atoms with Gasteiger partial charge in [-0.25, -0.2) is 0 Å². The number of hydrogen-bond acceptors (Lipinski definition) is 2. The molecule has 0 aromatic carbocycles. The molecule has 0 saturated heterocycles. The van der Waals surface area contributed by atoms with Gasteiger partial charge in [-0.05, 0) is 26.7 Å². The molecule has 76 valence electrons. The molecule has 0 aliphatic heterocycles. The van der Waals surface area contributed by atoms with Crippen LogP contribution in [0.1, 0.15) is 36.2 Å². The van der Waals surface area contributed by atoms with Crippen LogP contribution in [0.2, 0.25) is 0 Å². The average molecular weight is 194 g/mol. The van der Waals surface area contributed by atoms with Crippen molar-refractivity contribution in [3.8, 4) is 0 Å². The highest BCUT2D eigenvalue weighted by molar-refractivity contribution is 5.83. The number of rotatable bonds is 2. The Morgan fingerprint density at radius 1 is 1.50 bits per heavy atom. The Morgan fingerprint density at radius 3 is 2.43 bits per heavy atom. The number of carboxylic acids is 1. The van der Waals surface area contributed by atoms with E-state index in [4.69, 9.17) is 0 Å². The number of nitrogens with one attached hydrogen (secondary N) is 1. The van der Waals surface area contributed by atoms with Gasteiger partial charge in [0.05, 0.1) is 11.1 Å². The number of aryl methyl sites for hydroxylation is 2. The lowest BCUT2D eigenvalue weighted by Gasteiger charge is -2.38. The fourth-order valence-electron chi connectivity index (χ4n) is 2.36. The third-order valence-electron chi connectivity index (χ3n) is 3.22. The summed E-state index contributed by atoms with van der Waals surface area (Å²) >= 11 is 0. The van der Waals surface area contributed by atoms with Crippen molar-refractivity contribution >= 4 is 5.97 Å². The Morgan fingerprint density at radius 2 is 2.14 bits per heavy atom. The van der Waals surface area contributed by atoms with E-state index in [-0.39, 0.29) is 0 Å². The van der Waals surface area contributed by atoms with Crippen molar-refractivity contribution in [3.05, 3.63) is 17.0 Å². The van der Waals surface area contributed by atoms with E-state index in [1.807, 2.05) is 13.8 Å². The summed E-state index contributed by atoms with van der Waals surface area (Å²) in [5.41, 5.74) is 1.96. The molecule has 1 fully saturated rings. The Balaban J connectivity index is 2.51. The van der Waals surface area contributed by atoms with Crippen LogP contribution < -0.4 is 0 Å². The van der Waals surface area contributed by atoms with Crippen molar-refractivity contribution in [2.45, 2.75) is 38.5 Å². The molecule has 1 aliphatic carbocycles. The Bertz CT molecular complexity index is 358. The predicted molar refractivity (Wildman–Crippen MR) is 51.2 cm³/mol. The molecule has 1 heterocycles. The van der Waals surface area contributed by atoms with Gasteiger partial charge < -0.3 is 5.11 Å². The molecule has 2 rings (SSSR count). The van der Waals surface area contributed by atoms with Crippen LogP contribution in [0.5, 0.6) is 0 Å². The summed E-state index contributed by atoms with van der Waals surface area (Å²) in [6.07, 6.45) is 2.48. The number of nitrogens with zero attached hydrogens (tertiary/aromatic N) is 1. The topological polar surface area (TPSA) is 66.0 Å². The molecule has 0 unspecified atom stereocenters. The van der Waals surface area contributed by atoms with Crippen LogP contribution in [0.3, 0.4) is 0 Å². The highest BCUT2D eigenvalue weighted by atomic mass is 16.4. The van der Waals surface area contributed by atoms with Crippen LogP contribution in [0.25, 0.3) is 0 Å². The van der Waals surface area contributed by atoms with Crippen LogP contribution in [0.15, 0.2) is 0 Å². The standard InChI is InChI=1S/C10H14N2O2/c1-6-8(7(2)12-11-6)10(9(13)14)4-3-5-10/h3-5H2,1-2H3,(H,11,12)(H,13,14). The number of H-pyrrole nitrogens is 1. The Hall–Kier alpha value is -1.32. The van der Waals surface area contributed by atoms with Gasteiger partial charge in [0, 0.05) is 11.3 Å². The summed E-state index contributed by atoms with van der Waals surface area (Å²) in [5, 5.41) is 16.2. The van der Waals surface area contributed by atoms with Crippen LogP contribution in [-0.4, -0.2) is 21.3 Å². The van der Waals surface area contributed by atoms with Crippen LogP contribution in [0, 0.1) is 13.8 Å². The predicted octanol–water partition coefficient (Wildman–Crippen LogP) is 1.53. The van der Waals surface area contributed by atoms with E-state index >= 15 is 0 Å². The van der Waals surface area contributed by atoms with Gasteiger partial charge in [-0.2, -0.15) is 5.10 Å². The third-order valence-corrected chi connectivity index (χ3v) is 3.22. The van der Waals surface area contributed by atoms with Gasteiger partial charge in [0.15, 0.2) is 0 Å². The molecule has 0 spiro atoms. The first kappa shape index (κ1) is 9.24. The van der Waals surface area contributed by atoms with Crippen molar-refractivity contribution in [1.82, 2.24) is 10.2 Å². The quantitative estimate of drug-likeness (QED) is 0.750. The lowest BCUT2D eigenvalue weighted by atomic mass is 9.64. The van der Waals surface area contributed by atoms with Crippen molar-refractivity contribution < 1.29 is 9.90 Å².